The van der Waals surface area contributed by atoms with Crippen LogP contribution in [0.25, 0.3) is 0 Å². The van der Waals surface area contributed by atoms with Crippen LogP contribution in [0.15, 0.2) is 24.3 Å². The SMILES string of the molecule is Nc1ccccc1N1CCCC(=O)CC1. The molecular weight excluding hydrogens is 188 g/mol. The number of carbonyl (C=O) groups is 1. The van der Waals surface area contributed by atoms with E-state index in [4.69, 9.17) is 5.73 Å². The zero-order valence-electron chi connectivity index (χ0n) is 8.78. The van der Waals surface area contributed by atoms with Crippen LogP contribution < -0.4 is 10.6 Å². The molecule has 0 atom stereocenters. The van der Waals surface area contributed by atoms with Gasteiger partial charge in [-0.25, -0.2) is 0 Å². The summed E-state index contributed by atoms with van der Waals surface area (Å²) in [5.41, 5.74) is 7.77. The lowest BCUT2D eigenvalue weighted by atomic mass is 10.2. The van der Waals surface area contributed by atoms with Crippen LogP contribution in [0.5, 0.6) is 0 Å². The first kappa shape index (κ1) is 10.0. The van der Waals surface area contributed by atoms with Crippen molar-refractivity contribution in [2.45, 2.75) is 19.3 Å². The normalized spacial score (nSPS) is 17.6. The molecular formula is C12H16N2O. The Kier molecular flexibility index (Phi) is 2.90. The molecule has 1 heterocycles. The maximum atomic E-state index is 11.3. The molecule has 1 saturated heterocycles. The molecule has 0 aromatic heterocycles. The van der Waals surface area contributed by atoms with Gasteiger partial charge < -0.3 is 10.6 Å². The number of rotatable bonds is 1. The van der Waals surface area contributed by atoms with Crippen molar-refractivity contribution in [2.24, 2.45) is 0 Å². The molecule has 0 unspecified atom stereocenters. The number of nitrogens with zero attached hydrogens (tertiary/aromatic N) is 1. The lowest BCUT2D eigenvalue weighted by Gasteiger charge is -2.23. The Morgan fingerprint density at radius 3 is 2.73 bits per heavy atom. The van der Waals surface area contributed by atoms with Gasteiger partial charge in [0.15, 0.2) is 0 Å². The lowest BCUT2D eigenvalue weighted by Crippen LogP contribution is -2.25. The van der Waals surface area contributed by atoms with Gasteiger partial charge in [0.25, 0.3) is 0 Å². The van der Waals surface area contributed by atoms with Gasteiger partial charge in [-0.3, -0.25) is 4.79 Å². The molecule has 3 nitrogen and oxygen atoms in total. The average molecular weight is 204 g/mol. The fourth-order valence-electron chi connectivity index (χ4n) is 1.98. The Balaban J connectivity index is 2.16. The van der Waals surface area contributed by atoms with Crippen LogP contribution in [-0.4, -0.2) is 18.9 Å². The summed E-state index contributed by atoms with van der Waals surface area (Å²) in [6.07, 6.45) is 2.30. The van der Waals surface area contributed by atoms with E-state index in [1.165, 1.54) is 0 Å². The second-order valence-corrected chi connectivity index (χ2v) is 3.94. The first-order chi connectivity index (χ1) is 7.27. The molecule has 2 rings (SSSR count). The zero-order valence-corrected chi connectivity index (χ0v) is 8.78. The fourth-order valence-corrected chi connectivity index (χ4v) is 1.98. The van der Waals surface area contributed by atoms with Crippen LogP contribution >= 0.6 is 0 Å². The minimum Gasteiger partial charge on any atom is -0.397 e. The summed E-state index contributed by atoms with van der Waals surface area (Å²) < 4.78 is 0. The zero-order chi connectivity index (χ0) is 10.7. The van der Waals surface area contributed by atoms with E-state index >= 15 is 0 Å². The maximum absolute atomic E-state index is 11.3. The number of para-hydroxylation sites is 2. The summed E-state index contributed by atoms with van der Waals surface area (Å²) in [5.74, 6) is 0.368. The Bertz CT molecular complexity index is 362. The molecule has 1 aliphatic heterocycles. The number of benzene rings is 1. The number of anilines is 2. The Morgan fingerprint density at radius 2 is 1.93 bits per heavy atom. The maximum Gasteiger partial charge on any atom is 0.134 e. The van der Waals surface area contributed by atoms with Gasteiger partial charge in [0.2, 0.25) is 0 Å². The van der Waals surface area contributed by atoms with Gasteiger partial charge in [-0.1, -0.05) is 12.1 Å². The third-order valence-corrected chi connectivity index (χ3v) is 2.82. The van der Waals surface area contributed by atoms with E-state index < -0.39 is 0 Å². The molecule has 0 spiro atoms. The van der Waals surface area contributed by atoms with Crippen molar-refractivity contribution in [3.63, 3.8) is 0 Å². The first-order valence-electron chi connectivity index (χ1n) is 5.38. The van der Waals surface area contributed by atoms with E-state index in [-0.39, 0.29) is 0 Å². The number of ketones is 1. The molecule has 2 N–H and O–H groups in total. The van der Waals surface area contributed by atoms with Crippen molar-refractivity contribution in [2.75, 3.05) is 23.7 Å². The summed E-state index contributed by atoms with van der Waals surface area (Å²) in [5, 5.41) is 0. The van der Waals surface area contributed by atoms with E-state index in [1.807, 2.05) is 24.3 Å². The number of nitrogens with two attached hydrogens (primary N) is 1. The molecule has 0 saturated carbocycles. The van der Waals surface area contributed by atoms with Crippen LogP contribution in [0, 0.1) is 0 Å². The summed E-state index contributed by atoms with van der Waals surface area (Å²) in [6.45, 7) is 1.73. The van der Waals surface area contributed by atoms with Gasteiger partial charge in [-0.2, -0.15) is 0 Å². The van der Waals surface area contributed by atoms with Crippen LogP contribution in [0.3, 0.4) is 0 Å². The first-order valence-corrected chi connectivity index (χ1v) is 5.38. The summed E-state index contributed by atoms with van der Waals surface area (Å²) >= 11 is 0. The molecule has 15 heavy (non-hydrogen) atoms. The minimum atomic E-state index is 0.368. The Hall–Kier alpha value is -1.51. The number of carbonyl (C=O) groups excluding carboxylic acids is 1. The van der Waals surface area contributed by atoms with Gasteiger partial charge in [0.05, 0.1) is 11.4 Å². The molecule has 1 aromatic rings. The third-order valence-electron chi connectivity index (χ3n) is 2.82. The molecule has 0 aliphatic carbocycles. The van der Waals surface area contributed by atoms with Crippen molar-refractivity contribution in [3.05, 3.63) is 24.3 Å². The molecule has 0 radical (unpaired) electrons. The van der Waals surface area contributed by atoms with Crippen molar-refractivity contribution >= 4 is 17.2 Å². The van der Waals surface area contributed by atoms with Gasteiger partial charge in [-0.15, -0.1) is 0 Å². The highest BCUT2D eigenvalue weighted by Gasteiger charge is 2.15. The van der Waals surface area contributed by atoms with Crippen molar-refractivity contribution in [1.29, 1.82) is 0 Å². The van der Waals surface area contributed by atoms with E-state index in [9.17, 15) is 4.79 Å². The number of nitrogen functional groups attached to an aromatic ring is 1. The number of hydrogen-bond donors (Lipinski definition) is 1. The van der Waals surface area contributed by atoms with Crippen LogP contribution in [0.2, 0.25) is 0 Å². The minimum absolute atomic E-state index is 0.368. The topological polar surface area (TPSA) is 46.3 Å². The predicted molar refractivity (Wildman–Crippen MR) is 61.9 cm³/mol. The van der Waals surface area contributed by atoms with Crippen molar-refractivity contribution < 1.29 is 4.79 Å². The Labute approximate surface area is 89.9 Å². The van der Waals surface area contributed by atoms with Crippen LogP contribution in [-0.2, 0) is 4.79 Å². The molecule has 1 aromatic carbocycles. The molecule has 80 valence electrons. The quantitative estimate of drug-likeness (QED) is 0.710. The van der Waals surface area contributed by atoms with Gasteiger partial charge >= 0.3 is 0 Å². The van der Waals surface area contributed by atoms with Crippen LogP contribution in [0.1, 0.15) is 19.3 Å². The van der Waals surface area contributed by atoms with Gasteiger partial charge in [0.1, 0.15) is 5.78 Å². The highest BCUT2D eigenvalue weighted by atomic mass is 16.1. The van der Waals surface area contributed by atoms with Crippen LogP contribution in [0.4, 0.5) is 11.4 Å². The number of Topliss-reactive ketones (excluding diaryl/α,β-unsaturated/α-hetero) is 1. The molecule has 0 amide bonds. The smallest absolute Gasteiger partial charge is 0.134 e. The van der Waals surface area contributed by atoms with Gasteiger partial charge in [-0.05, 0) is 18.6 Å². The molecule has 1 fully saturated rings. The summed E-state index contributed by atoms with van der Waals surface area (Å²) in [7, 11) is 0. The number of hydrogen-bond acceptors (Lipinski definition) is 3. The Morgan fingerprint density at radius 1 is 1.13 bits per heavy atom. The molecule has 1 aliphatic rings. The van der Waals surface area contributed by atoms with E-state index in [1.54, 1.807) is 0 Å². The average Bonchev–Trinajstić information content (AvgIpc) is 2.44. The van der Waals surface area contributed by atoms with Crippen molar-refractivity contribution in [1.82, 2.24) is 0 Å². The summed E-state index contributed by atoms with van der Waals surface area (Å²) in [4.78, 5) is 13.5. The van der Waals surface area contributed by atoms with E-state index in [0.717, 1.165) is 30.9 Å². The molecule has 0 bridgehead atoms. The highest BCUT2D eigenvalue weighted by molar-refractivity contribution is 5.80. The highest BCUT2D eigenvalue weighted by Crippen LogP contribution is 2.24. The predicted octanol–water partition coefficient (Wildman–Crippen LogP) is 1.83. The second-order valence-electron chi connectivity index (χ2n) is 3.94. The largest absolute Gasteiger partial charge is 0.397 e. The van der Waals surface area contributed by atoms with Crippen molar-refractivity contribution in [3.8, 4) is 0 Å². The van der Waals surface area contributed by atoms with Gasteiger partial charge in [0, 0.05) is 25.9 Å². The fraction of sp³-hybridized carbons (Fsp3) is 0.417. The third kappa shape index (κ3) is 2.29. The molecule has 3 heteroatoms. The lowest BCUT2D eigenvalue weighted by molar-refractivity contribution is -0.118. The monoisotopic (exact) mass is 204 g/mol. The van der Waals surface area contributed by atoms with E-state index in [2.05, 4.69) is 4.90 Å². The van der Waals surface area contributed by atoms with E-state index in [0.29, 0.717) is 18.6 Å². The summed E-state index contributed by atoms with van der Waals surface area (Å²) in [6, 6.07) is 7.84. The standard InChI is InChI=1S/C12H16N2O/c13-11-5-1-2-6-12(11)14-8-3-4-10(15)7-9-14/h1-2,5-6H,3-4,7-9,13H2. The second kappa shape index (κ2) is 4.34.